The van der Waals surface area contributed by atoms with Gasteiger partial charge in [0.1, 0.15) is 18.2 Å². The van der Waals surface area contributed by atoms with E-state index < -0.39 is 23.5 Å². The van der Waals surface area contributed by atoms with Crippen LogP contribution in [0, 0.1) is 11.6 Å². The summed E-state index contributed by atoms with van der Waals surface area (Å²) in [6.45, 7) is 1.42. The molecule has 0 radical (unpaired) electrons. The Morgan fingerprint density at radius 1 is 1.23 bits per heavy atom. The molecule has 9 heteroatoms. The van der Waals surface area contributed by atoms with Crippen LogP contribution in [0.3, 0.4) is 0 Å². The number of aromatic nitrogens is 3. The van der Waals surface area contributed by atoms with Crippen LogP contribution in [-0.2, 0) is 11.3 Å². The first-order valence-corrected chi connectivity index (χ1v) is 9.91. The van der Waals surface area contributed by atoms with E-state index in [0.29, 0.717) is 17.0 Å². The van der Waals surface area contributed by atoms with Crippen LogP contribution in [0.5, 0.6) is 0 Å². The Hall–Kier alpha value is -3.00. The molecule has 0 aliphatic heterocycles. The van der Waals surface area contributed by atoms with Gasteiger partial charge in [0.2, 0.25) is 5.91 Å². The van der Waals surface area contributed by atoms with Crippen LogP contribution in [0.25, 0.3) is 11.4 Å². The molecular formula is C21H19ClF2N4O2. The predicted octanol–water partition coefficient (Wildman–Crippen LogP) is 3.86. The van der Waals surface area contributed by atoms with Crippen LogP contribution in [0.1, 0.15) is 37.4 Å². The fraction of sp³-hybridized carbons (Fsp3) is 0.286. The van der Waals surface area contributed by atoms with E-state index in [1.165, 1.54) is 24.3 Å². The van der Waals surface area contributed by atoms with Crippen LogP contribution >= 0.6 is 11.6 Å². The molecule has 3 aromatic rings. The van der Waals surface area contributed by atoms with E-state index in [9.17, 15) is 18.4 Å². The molecule has 2 aromatic carbocycles. The van der Waals surface area contributed by atoms with E-state index in [0.717, 1.165) is 17.5 Å². The minimum atomic E-state index is -0.571. The van der Waals surface area contributed by atoms with Crippen molar-refractivity contribution in [2.75, 3.05) is 0 Å². The van der Waals surface area contributed by atoms with Crippen molar-refractivity contribution < 1.29 is 13.6 Å². The standard InChI is InChI=1S/C21H19ClF2N4O2/c1-12(14-4-9-17(22)18(24)10-14)25-19(29)11-27-21(30)28(16-7-8-16)20(26-27)13-2-5-15(23)6-3-13/h2-6,9-10,12,16H,7-8,11H2,1H3,(H,25,29)/t12-/m0/s1. The molecule has 6 nitrogen and oxygen atoms in total. The SMILES string of the molecule is C[C@H](NC(=O)Cn1nc(-c2ccc(F)cc2)n(C2CC2)c1=O)c1ccc(Cl)c(F)c1. The molecule has 1 atom stereocenters. The Bertz CT molecular complexity index is 1150. The maximum atomic E-state index is 13.7. The molecule has 1 amide bonds. The molecule has 1 aliphatic carbocycles. The summed E-state index contributed by atoms with van der Waals surface area (Å²) >= 11 is 5.69. The number of benzene rings is 2. The molecule has 4 rings (SSSR count). The zero-order chi connectivity index (χ0) is 21.4. The van der Waals surface area contributed by atoms with Gasteiger partial charge in [-0.1, -0.05) is 17.7 Å². The van der Waals surface area contributed by atoms with Crippen LogP contribution < -0.4 is 11.0 Å². The van der Waals surface area contributed by atoms with Crippen LogP contribution in [0.15, 0.2) is 47.3 Å². The molecule has 0 unspecified atom stereocenters. The Kier molecular flexibility index (Phi) is 5.42. The van der Waals surface area contributed by atoms with E-state index in [2.05, 4.69) is 10.4 Å². The second-order valence-electron chi connectivity index (χ2n) is 7.33. The quantitative estimate of drug-likeness (QED) is 0.643. The fourth-order valence-corrected chi connectivity index (χ4v) is 3.39. The van der Waals surface area contributed by atoms with Crippen molar-refractivity contribution in [1.82, 2.24) is 19.7 Å². The lowest BCUT2D eigenvalue weighted by molar-refractivity contribution is -0.122. The molecule has 0 spiro atoms. The smallest absolute Gasteiger partial charge is 0.346 e. The van der Waals surface area contributed by atoms with Crippen molar-refractivity contribution in [2.24, 2.45) is 0 Å². The number of nitrogens with one attached hydrogen (secondary N) is 1. The molecule has 1 aromatic heterocycles. The summed E-state index contributed by atoms with van der Waals surface area (Å²) in [5, 5.41) is 7.06. The first kappa shape index (κ1) is 20.3. The molecule has 1 saturated carbocycles. The van der Waals surface area contributed by atoms with E-state index >= 15 is 0 Å². The van der Waals surface area contributed by atoms with Gasteiger partial charge in [-0.25, -0.2) is 18.3 Å². The first-order valence-electron chi connectivity index (χ1n) is 9.53. The number of halogens is 3. The van der Waals surface area contributed by atoms with Gasteiger partial charge in [-0.05, 0) is 61.7 Å². The van der Waals surface area contributed by atoms with Crippen molar-refractivity contribution in [3.8, 4) is 11.4 Å². The normalized spacial score (nSPS) is 14.5. The number of carbonyl (C=O) groups excluding carboxylic acids is 1. The lowest BCUT2D eigenvalue weighted by atomic mass is 10.1. The maximum absolute atomic E-state index is 13.7. The number of hydrogen-bond acceptors (Lipinski definition) is 3. The molecule has 1 fully saturated rings. The topological polar surface area (TPSA) is 68.9 Å². The second kappa shape index (κ2) is 8.02. The van der Waals surface area contributed by atoms with Crippen LogP contribution in [0.2, 0.25) is 5.02 Å². The molecule has 0 bridgehead atoms. The third-order valence-electron chi connectivity index (χ3n) is 5.00. The summed E-state index contributed by atoms with van der Waals surface area (Å²) in [7, 11) is 0. The van der Waals surface area contributed by atoms with Gasteiger partial charge in [0.05, 0.1) is 11.1 Å². The van der Waals surface area contributed by atoms with Gasteiger partial charge < -0.3 is 5.32 Å². The summed E-state index contributed by atoms with van der Waals surface area (Å²) in [4.78, 5) is 25.3. The monoisotopic (exact) mass is 432 g/mol. The highest BCUT2D eigenvalue weighted by Crippen LogP contribution is 2.36. The zero-order valence-electron chi connectivity index (χ0n) is 16.1. The molecule has 156 valence electrons. The summed E-state index contributed by atoms with van der Waals surface area (Å²) in [5.74, 6) is -0.988. The number of hydrogen-bond donors (Lipinski definition) is 1. The minimum Gasteiger partial charge on any atom is -0.348 e. The maximum Gasteiger partial charge on any atom is 0.346 e. The average Bonchev–Trinajstić information content (AvgIpc) is 3.49. The molecule has 1 N–H and O–H groups in total. The first-order chi connectivity index (χ1) is 14.3. The number of amides is 1. The van der Waals surface area contributed by atoms with Gasteiger partial charge in [-0.3, -0.25) is 9.36 Å². The minimum absolute atomic E-state index is 0.00256. The van der Waals surface area contributed by atoms with Gasteiger partial charge in [-0.15, -0.1) is 5.10 Å². The number of rotatable bonds is 6. The fourth-order valence-electron chi connectivity index (χ4n) is 3.27. The van der Waals surface area contributed by atoms with Crippen LogP contribution in [0.4, 0.5) is 8.78 Å². The molecule has 1 heterocycles. The predicted molar refractivity (Wildman–Crippen MR) is 108 cm³/mol. The van der Waals surface area contributed by atoms with Gasteiger partial charge in [-0.2, -0.15) is 0 Å². The largest absolute Gasteiger partial charge is 0.348 e. The lowest BCUT2D eigenvalue weighted by Crippen LogP contribution is -2.34. The van der Waals surface area contributed by atoms with Gasteiger partial charge in [0.25, 0.3) is 0 Å². The lowest BCUT2D eigenvalue weighted by Gasteiger charge is -2.14. The van der Waals surface area contributed by atoms with E-state index in [-0.39, 0.29) is 23.4 Å². The van der Waals surface area contributed by atoms with E-state index in [1.807, 2.05) is 0 Å². The highest BCUT2D eigenvalue weighted by Gasteiger charge is 2.30. The number of carbonyl (C=O) groups is 1. The second-order valence-corrected chi connectivity index (χ2v) is 7.74. The Balaban J connectivity index is 1.54. The van der Waals surface area contributed by atoms with Crippen molar-refractivity contribution in [3.05, 3.63) is 75.2 Å². The van der Waals surface area contributed by atoms with Crippen molar-refractivity contribution in [3.63, 3.8) is 0 Å². The summed E-state index contributed by atoms with van der Waals surface area (Å²) < 4.78 is 29.6. The van der Waals surface area contributed by atoms with E-state index in [1.54, 1.807) is 29.7 Å². The summed E-state index contributed by atoms with van der Waals surface area (Å²) in [6.07, 6.45) is 1.70. The van der Waals surface area contributed by atoms with Gasteiger partial charge >= 0.3 is 5.69 Å². The van der Waals surface area contributed by atoms with Crippen LogP contribution in [-0.4, -0.2) is 20.3 Å². The van der Waals surface area contributed by atoms with Gasteiger partial charge in [0.15, 0.2) is 5.82 Å². The van der Waals surface area contributed by atoms with Gasteiger partial charge in [0, 0.05) is 11.6 Å². The Morgan fingerprint density at radius 2 is 1.93 bits per heavy atom. The number of nitrogens with zero attached hydrogens (tertiary/aromatic N) is 3. The van der Waals surface area contributed by atoms with Crippen molar-refractivity contribution >= 4 is 17.5 Å². The van der Waals surface area contributed by atoms with Crippen molar-refractivity contribution in [2.45, 2.75) is 38.4 Å². The molecule has 0 saturated heterocycles. The van der Waals surface area contributed by atoms with Crippen molar-refractivity contribution in [1.29, 1.82) is 0 Å². The highest BCUT2D eigenvalue weighted by atomic mass is 35.5. The Morgan fingerprint density at radius 3 is 2.57 bits per heavy atom. The molecular weight excluding hydrogens is 414 g/mol. The third-order valence-corrected chi connectivity index (χ3v) is 5.31. The van der Waals surface area contributed by atoms with E-state index in [4.69, 9.17) is 11.6 Å². The third kappa shape index (κ3) is 4.14. The zero-order valence-corrected chi connectivity index (χ0v) is 16.9. The summed E-state index contributed by atoms with van der Waals surface area (Å²) in [6, 6.07) is 9.56. The molecule has 30 heavy (non-hydrogen) atoms. The average molecular weight is 433 g/mol. The Labute approximate surface area is 176 Å². The highest BCUT2D eigenvalue weighted by molar-refractivity contribution is 6.30. The summed E-state index contributed by atoms with van der Waals surface area (Å²) in [5.41, 5.74) is 0.759. The molecule has 1 aliphatic rings.